The van der Waals surface area contributed by atoms with Gasteiger partial charge in [0, 0.05) is 12.5 Å². The average molecular weight is 255 g/mol. The van der Waals surface area contributed by atoms with Crippen LogP contribution in [0.15, 0.2) is 47.1 Å². The van der Waals surface area contributed by atoms with Crippen LogP contribution in [0.5, 0.6) is 0 Å². The number of aryl methyl sites for hydroxylation is 1. The molecule has 0 fully saturated rings. The van der Waals surface area contributed by atoms with E-state index >= 15 is 0 Å². The lowest BCUT2D eigenvalue weighted by molar-refractivity contribution is 0.494. The number of hydrogen-bond acceptors (Lipinski definition) is 3. The van der Waals surface area contributed by atoms with Gasteiger partial charge in [-0.3, -0.25) is 0 Å². The van der Waals surface area contributed by atoms with Gasteiger partial charge in [-0.05, 0) is 37.6 Å². The Kier molecular flexibility index (Phi) is 3.23. The summed E-state index contributed by atoms with van der Waals surface area (Å²) in [5.41, 5.74) is 2.05. The van der Waals surface area contributed by atoms with Crippen molar-refractivity contribution in [3.63, 3.8) is 0 Å². The second-order valence-electron chi connectivity index (χ2n) is 4.77. The van der Waals surface area contributed by atoms with Crippen LogP contribution in [0.1, 0.15) is 19.1 Å². The molecule has 1 aromatic carbocycles. The number of benzene rings is 1. The van der Waals surface area contributed by atoms with Crippen LogP contribution < -0.4 is 5.32 Å². The van der Waals surface area contributed by atoms with Gasteiger partial charge in [0.25, 0.3) is 0 Å². The molecule has 4 heteroatoms. The van der Waals surface area contributed by atoms with Crippen LogP contribution in [0, 0.1) is 0 Å². The maximum atomic E-state index is 5.33. The standard InChI is InChI=1S/C15H17N3O/c1-11(8-9-12-5-4-10-19-12)16-15-17-13-6-2-3-7-14(13)18-15/h2-7,10-11H,8-9H2,1H3,(H2,16,17,18). The molecule has 4 nitrogen and oxygen atoms in total. The SMILES string of the molecule is CC(CCc1ccco1)Nc1nc2ccccc2[nH]1. The van der Waals surface area contributed by atoms with Gasteiger partial charge in [-0.25, -0.2) is 4.98 Å². The lowest BCUT2D eigenvalue weighted by atomic mass is 10.1. The Morgan fingerprint density at radius 1 is 1.26 bits per heavy atom. The Morgan fingerprint density at radius 2 is 2.16 bits per heavy atom. The lowest BCUT2D eigenvalue weighted by Crippen LogP contribution is -2.16. The molecule has 1 unspecified atom stereocenters. The fourth-order valence-corrected chi connectivity index (χ4v) is 2.14. The number of nitrogens with zero attached hydrogens (tertiary/aromatic N) is 1. The minimum Gasteiger partial charge on any atom is -0.469 e. The van der Waals surface area contributed by atoms with Crippen LogP contribution in [0.25, 0.3) is 11.0 Å². The minimum absolute atomic E-state index is 0.339. The lowest BCUT2D eigenvalue weighted by Gasteiger charge is -2.11. The molecule has 3 rings (SSSR count). The predicted molar refractivity (Wildman–Crippen MR) is 76.2 cm³/mol. The molecular formula is C15H17N3O. The second kappa shape index (κ2) is 5.18. The van der Waals surface area contributed by atoms with Gasteiger partial charge < -0.3 is 14.7 Å². The molecular weight excluding hydrogens is 238 g/mol. The van der Waals surface area contributed by atoms with Gasteiger partial charge in [0.1, 0.15) is 5.76 Å². The quantitative estimate of drug-likeness (QED) is 0.732. The number of aromatic amines is 1. The highest BCUT2D eigenvalue weighted by atomic mass is 16.3. The monoisotopic (exact) mass is 255 g/mol. The molecule has 19 heavy (non-hydrogen) atoms. The molecule has 2 aromatic heterocycles. The van der Waals surface area contributed by atoms with Crippen molar-refractivity contribution >= 4 is 17.0 Å². The van der Waals surface area contributed by atoms with Gasteiger partial charge in [-0.1, -0.05) is 12.1 Å². The minimum atomic E-state index is 0.339. The Balaban J connectivity index is 1.60. The highest BCUT2D eigenvalue weighted by molar-refractivity contribution is 5.77. The van der Waals surface area contributed by atoms with E-state index in [4.69, 9.17) is 4.42 Å². The maximum absolute atomic E-state index is 5.33. The number of H-pyrrole nitrogens is 1. The zero-order chi connectivity index (χ0) is 13.1. The molecule has 0 radical (unpaired) electrons. The largest absolute Gasteiger partial charge is 0.469 e. The predicted octanol–water partition coefficient (Wildman–Crippen LogP) is 3.59. The number of nitrogens with one attached hydrogen (secondary N) is 2. The third-order valence-corrected chi connectivity index (χ3v) is 3.18. The Bertz CT molecular complexity index is 609. The Morgan fingerprint density at radius 3 is 2.95 bits per heavy atom. The van der Waals surface area contributed by atoms with E-state index in [0.29, 0.717) is 6.04 Å². The fraction of sp³-hybridized carbons (Fsp3) is 0.267. The van der Waals surface area contributed by atoms with Crippen molar-refractivity contribution < 1.29 is 4.42 Å². The van der Waals surface area contributed by atoms with Gasteiger partial charge in [0.2, 0.25) is 5.95 Å². The number of fused-ring (bicyclic) bond motifs is 1. The number of imidazole rings is 1. The molecule has 0 saturated carbocycles. The van der Waals surface area contributed by atoms with Crippen LogP contribution in [-0.4, -0.2) is 16.0 Å². The molecule has 0 spiro atoms. The summed E-state index contributed by atoms with van der Waals surface area (Å²) in [7, 11) is 0. The van der Waals surface area contributed by atoms with Gasteiger partial charge in [0.05, 0.1) is 17.3 Å². The van der Waals surface area contributed by atoms with E-state index < -0.39 is 0 Å². The first-order valence-corrected chi connectivity index (χ1v) is 6.55. The van der Waals surface area contributed by atoms with Crippen molar-refractivity contribution in [3.05, 3.63) is 48.4 Å². The molecule has 3 aromatic rings. The van der Waals surface area contributed by atoms with E-state index in [9.17, 15) is 0 Å². The number of aromatic nitrogens is 2. The van der Waals surface area contributed by atoms with Crippen molar-refractivity contribution in [2.75, 3.05) is 5.32 Å². The summed E-state index contributed by atoms with van der Waals surface area (Å²) in [5.74, 6) is 1.85. The zero-order valence-corrected chi connectivity index (χ0v) is 10.9. The molecule has 1 atom stereocenters. The fourth-order valence-electron chi connectivity index (χ4n) is 2.14. The molecule has 0 amide bonds. The van der Waals surface area contributed by atoms with Gasteiger partial charge >= 0.3 is 0 Å². The first-order chi connectivity index (χ1) is 9.31. The van der Waals surface area contributed by atoms with Crippen LogP contribution in [0.2, 0.25) is 0 Å². The molecule has 0 aliphatic rings. The highest BCUT2D eigenvalue weighted by Gasteiger charge is 2.07. The van der Waals surface area contributed by atoms with Crippen molar-refractivity contribution in [2.45, 2.75) is 25.8 Å². The molecule has 2 N–H and O–H groups in total. The zero-order valence-electron chi connectivity index (χ0n) is 10.9. The summed E-state index contributed by atoms with van der Waals surface area (Å²) in [5, 5.41) is 3.39. The summed E-state index contributed by atoms with van der Waals surface area (Å²) in [4.78, 5) is 7.78. The Hall–Kier alpha value is -2.23. The first kappa shape index (κ1) is 11.8. The summed E-state index contributed by atoms with van der Waals surface area (Å²) < 4.78 is 5.33. The van der Waals surface area contributed by atoms with Gasteiger partial charge in [0.15, 0.2) is 0 Å². The van der Waals surface area contributed by atoms with Gasteiger partial charge in [-0.15, -0.1) is 0 Å². The van der Waals surface area contributed by atoms with E-state index in [1.807, 2.05) is 36.4 Å². The van der Waals surface area contributed by atoms with Crippen LogP contribution in [0.3, 0.4) is 0 Å². The van der Waals surface area contributed by atoms with E-state index in [0.717, 1.165) is 35.6 Å². The molecule has 0 saturated heterocycles. The van der Waals surface area contributed by atoms with Gasteiger partial charge in [-0.2, -0.15) is 0 Å². The highest BCUT2D eigenvalue weighted by Crippen LogP contribution is 2.15. The molecule has 0 aliphatic carbocycles. The normalized spacial score (nSPS) is 12.7. The van der Waals surface area contributed by atoms with Crippen molar-refractivity contribution in [1.82, 2.24) is 9.97 Å². The number of hydrogen-bond donors (Lipinski definition) is 2. The summed E-state index contributed by atoms with van der Waals surface area (Å²) in [6.07, 6.45) is 3.65. The van der Waals surface area contributed by atoms with E-state index in [2.05, 4.69) is 22.2 Å². The number of para-hydroxylation sites is 2. The smallest absolute Gasteiger partial charge is 0.201 e. The number of furan rings is 1. The summed E-state index contributed by atoms with van der Waals surface area (Å²) in [6.45, 7) is 2.15. The molecule has 0 bridgehead atoms. The molecule has 98 valence electrons. The van der Waals surface area contributed by atoms with Crippen molar-refractivity contribution in [1.29, 1.82) is 0 Å². The molecule has 0 aliphatic heterocycles. The number of anilines is 1. The van der Waals surface area contributed by atoms with Crippen molar-refractivity contribution in [3.8, 4) is 0 Å². The van der Waals surface area contributed by atoms with Crippen LogP contribution in [-0.2, 0) is 6.42 Å². The number of rotatable bonds is 5. The topological polar surface area (TPSA) is 53.9 Å². The average Bonchev–Trinajstić information content (AvgIpc) is 3.04. The van der Waals surface area contributed by atoms with Crippen LogP contribution >= 0.6 is 0 Å². The second-order valence-corrected chi connectivity index (χ2v) is 4.77. The Labute approximate surface area is 111 Å². The van der Waals surface area contributed by atoms with Crippen molar-refractivity contribution in [2.24, 2.45) is 0 Å². The van der Waals surface area contributed by atoms with E-state index in [1.54, 1.807) is 6.26 Å². The molecule has 2 heterocycles. The maximum Gasteiger partial charge on any atom is 0.201 e. The summed E-state index contributed by atoms with van der Waals surface area (Å²) in [6, 6.07) is 12.3. The van der Waals surface area contributed by atoms with Crippen LogP contribution in [0.4, 0.5) is 5.95 Å². The summed E-state index contributed by atoms with van der Waals surface area (Å²) >= 11 is 0. The van der Waals surface area contributed by atoms with E-state index in [1.165, 1.54) is 0 Å². The third kappa shape index (κ3) is 2.78. The first-order valence-electron chi connectivity index (χ1n) is 6.55. The van der Waals surface area contributed by atoms with E-state index in [-0.39, 0.29) is 0 Å². The third-order valence-electron chi connectivity index (χ3n) is 3.18.